The van der Waals surface area contributed by atoms with Crippen LogP contribution in [-0.4, -0.2) is 5.91 Å². The predicted octanol–water partition coefficient (Wildman–Crippen LogP) is 9.90. The zero-order valence-corrected chi connectivity index (χ0v) is 22.4. The molecule has 0 bridgehead atoms. The second kappa shape index (κ2) is 24.8. The van der Waals surface area contributed by atoms with Crippen LogP contribution in [0.25, 0.3) is 0 Å². The summed E-state index contributed by atoms with van der Waals surface area (Å²) in [5.41, 5.74) is 5.63. The third-order valence-electron chi connectivity index (χ3n) is 7.17. The molecule has 0 radical (unpaired) electrons. The monoisotopic (exact) mass is 449 g/mol. The van der Waals surface area contributed by atoms with Crippen LogP contribution in [0.1, 0.15) is 162 Å². The molecule has 0 aliphatic heterocycles. The van der Waals surface area contributed by atoms with E-state index in [0.29, 0.717) is 5.92 Å². The zero-order valence-electron chi connectivity index (χ0n) is 22.4. The van der Waals surface area contributed by atoms with Gasteiger partial charge in [-0.2, -0.15) is 0 Å². The minimum Gasteiger partial charge on any atom is -0.369 e. The van der Waals surface area contributed by atoms with Crippen molar-refractivity contribution < 1.29 is 4.79 Å². The van der Waals surface area contributed by atoms with Crippen molar-refractivity contribution >= 4 is 5.91 Å². The summed E-state index contributed by atoms with van der Waals surface area (Å²) < 4.78 is 0. The first-order valence-electron chi connectivity index (χ1n) is 14.6. The Bertz CT molecular complexity index is 417. The van der Waals surface area contributed by atoms with Gasteiger partial charge in [0.2, 0.25) is 5.91 Å². The van der Waals surface area contributed by atoms with Crippen molar-refractivity contribution in [3.05, 3.63) is 12.2 Å². The molecule has 2 nitrogen and oxygen atoms in total. The molecule has 2 heteroatoms. The molecule has 1 amide bonds. The Balaban J connectivity index is 3.70. The number of carbonyl (C=O) groups excluding carboxylic acids is 1. The highest BCUT2D eigenvalue weighted by molar-refractivity contribution is 5.76. The van der Waals surface area contributed by atoms with Gasteiger partial charge >= 0.3 is 0 Å². The zero-order chi connectivity index (χ0) is 23.7. The number of unbranched alkanes of at least 4 members (excludes halogenated alkanes) is 17. The molecule has 0 aromatic heterocycles. The first-order valence-corrected chi connectivity index (χ1v) is 14.6. The van der Waals surface area contributed by atoms with Gasteiger partial charge in [-0.05, 0) is 44.4 Å². The number of amides is 1. The van der Waals surface area contributed by atoms with Crippen molar-refractivity contribution in [2.45, 2.75) is 162 Å². The Labute approximate surface area is 202 Å². The minimum absolute atomic E-state index is 0.0341. The highest BCUT2D eigenvalue weighted by atomic mass is 16.1. The summed E-state index contributed by atoms with van der Waals surface area (Å²) in [5.74, 6) is 0.422. The smallest absolute Gasteiger partial charge is 0.220 e. The average molecular weight is 450 g/mol. The van der Waals surface area contributed by atoms with Crippen LogP contribution in [0, 0.1) is 11.8 Å². The number of nitrogens with two attached hydrogens (primary N) is 1. The molecule has 0 aliphatic rings. The first kappa shape index (κ1) is 31.2. The summed E-state index contributed by atoms with van der Waals surface area (Å²) >= 11 is 0. The van der Waals surface area contributed by atoms with Gasteiger partial charge in [-0.15, -0.1) is 0 Å². The van der Waals surface area contributed by atoms with Gasteiger partial charge in [0, 0.05) is 5.92 Å². The Morgan fingerprint density at radius 1 is 0.594 bits per heavy atom. The Kier molecular flexibility index (Phi) is 24.2. The van der Waals surface area contributed by atoms with Gasteiger partial charge in [-0.1, -0.05) is 136 Å². The molecule has 0 saturated carbocycles. The molecule has 0 rings (SSSR count). The normalized spacial score (nSPS) is 13.6. The van der Waals surface area contributed by atoms with Crippen LogP contribution in [0.3, 0.4) is 0 Å². The highest BCUT2D eigenvalue weighted by Crippen LogP contribution is 2.26. The molecule has 0 spiro atoms. The van der Waals surface area contributed by atoms with E-state index in [1.165, 1.54) is 141 Å². The molecule has 0 aromatic carbocycles. The number of carbonyl (C=O) groups is 1. The maximum Gasteiger partial charge on any atom is 0.220 e. The van der Waals surface area contributed by atoms with E-state index in [-0.39, 0.29) is 11.8 Å². The van der Waals surface area contributed by atoms with Gasteiger partial charge in [0.1, 0.15) is 0 Å². The second-order valence-corrected chi connectivity index (χ2v) is 10.2. The maximum atomic E-state index is 11.7. The van der Waals surface area contributed by atoms with Crippen LogP contribution in [0.15, 0.2) is 12.2 Å². The standard InChI is InChI=1S/C30H59NO/c1-4-6-8-10-12-13-14-15-16-17-18-19-21-23-25-27-29(28(3)30(31)32)26-24-22-20-11-9-7-5-2/h15-16,28-29H,4-14,17-27H2,1-3H3,(H2,31,32). The largest absolute Gasteiger partial charge is 0.369 e. The van der Waals surface area contributed by atoms with Crippen molar-refractivity contribution in [2.24, 2.45) is 17.6 Å². The maximum absolute atomic E-state index is 11.7. The average Bonchev–Trinajstić information content (AvgIpc) is 2.79. The number of primary amides is 1. The lowest BCUT2D eigenvalue weighted by Crippen LogP contribution is -2.27. The molecule has 2 N–H and O–H groups in total. The van der Waals surface area contributed by atoms with E-state index < -0.39 is 0 Å². The van der Waals surface area contributed by atoms with Crippen molar-refractivity contribution in [1.29, 1.82) is 0 Å². The van der Waals surface area contributed by atoms with Gasteiger partial charge in [-0.3, -0.25) is 4.79 Å². The molecule has 2 atom stereocenters. The molecular formula is C30H59NO. The summed E-state index contributed by atoms with van der Waals surface area (Å²) in [4.78, 5) is 11.7. The van der Waals surface area contributed by atoms with Gasteiger partial charge in [0.25, 0.3) is 0 Å². The molecule has 2 unspecified atom stereocenters. The number of hydrogen-bond donors (Lipinski definition) is 1. The SMILES string of the molecule is CCCCCCCCC=CCCCCCCCC(CCCCCCCCC)C(C)C(N)=O. The van der Waals surface area contributed by atoms with Crippen LogP contribution in [0.4, 0.5) is 0 Å². The van der Waals surface area contributed by atoms with E-state index in [1.54, 1.807) is 0 Å². The molecule has 0 heterocycles. The fraction of sp³-hybridized carbons (Fsp3) is 0.900. The summed E-state index contributed by atoms with van der Waals surface area (Å²) in [6, 6.07) is 0. The Morgan fingerprint density at radius 3 is 1.31 bits per heavy atom. The second-order valence-electron chi connectivity index (χ2n) is 10.2. The highest BCUT2D eigenvalue weighted by Gasteiger charge is 2.21. The Morgan fingerprint density at radius 2 is 0.938 bits per heavy atom. The van der Waals surface area contributed by atoms with Gasteiger partial charge in [-0.25, -0.2) is 0 Å². The summed E-state index contributed by atoms with van der Waals surface area (Å²) in [5, 5.41) is 0. The molecule has 0 aliphatic carbocycles. The quantitative estimate of drug-likeness (QED) is 0.109. The van der Waals surface area contributed by atoms with E-state index in [2.05, 4.69) is 26.0 Å². The van der Waals surface area contributed by atoms with Crippen LogP contribution in [0.5, 0.6) is 0 Å². The van der Waals surface area contributed by atoms with E-state index in [1.807, 2.05) is 6.92 Å². The molecule has 0 fully saturated rings. The fourth-order valence-corrected chi connectivity index (χ4v) is 4.72. The van der Waals surface area contributed by atoms with E-state index in [4.69, 9.17) is 5.73 Å². The van der Waals surface area contributed by atoms with Crippen LogP contribution >= 0.6 is 0 Å². The summed E-state index contributed by atoms with van der Waals surface area (Å²) in [6.07, 6.45) is 34.0. The fourth-order valence-electron chi connectivity index (χ4n) is 4.72. The third kappa shape index (κ3) is 21.1. The molecular weight excluding hydrogens is 390 g/mol. The molecule has 32 heavy (non-hydrogen) atoms. The lowest BCUT2D eigenvalue weighted by Gasteiger charge is -2.21. The minimum atomic E-state index is -0.106. The van der Waals surface area contributed by atoms with E-state index in [9.17, 15) is 4.79 Å². The van der Waals surface area contributed by atoms with Crippen molar-refractivity contribution in [1.82, 2.24) is 0 Å². The van der Waals surface area contributed by atoms with E-state index >= 15 is 0 Å². The number of hydrogen-bond acceptors (Lipinski definition) is 1. The molecule has 0 saturated heterocycles. The molecule has 0 aromatic rings. The van der Waals surface area contributed by atoms with Crippen LogP contribution in [0.2, 0.25) is 0 Å². The predicted molar refractivity (Wildman–Crippen MR) is 144 cm³/mol. The summed E-state index contributed by atoms with van der Waals surface area (Å²) in [7, 11) is 0. The topological polar surface area (TPSA) is 43.1 Å². The first-order chi connectivity index (χ1) is 15.6. The lowest BCUT2D eigenvalue weighted by atomic mass is 9.84. The van der Waals surface area contributed by atoms with Crippen molar-refractivity contribution in [3.8, 4) is 0 Å². The van der Waals surface area contributed by atoms with Gasteiger partial charge < -0.3 is 5.73 Å². The van der Waals surface area contributed by atoms with Crippen molar-refractivity contribution in [2.75, 3.05) is 0 Å². The van der Waals surface area contributed by atoms with Crippen molar-refractivity contribution in [3.63, 3.8) is 0 Å². The summed E-state index contributed by atoms with van der Waals surface area (Å²) in [6.45, 7) is 6.60. The van der Waals surface area contributed by atoms with Crippen LogP contribution in [-0.2, 0) is 4.79 Å². The lowest BCUT2D eigenvalue weighted by molar-refractivity contribution is -0.123. The third-order valence-corrected chi connectivity index (χ3v) is 7.17. The number of allylic oxidation sites excluding steroid dienone is 2. The molecule has 190 valence electrons. The number of rotatable bonds is 25. The van der Waals surface area contributed by atoms with Gasteiger partial charge in [0.15, 0.2) is 0 Å². The van der Waals surface area contributed by atoms with Gasteiger partial charge in [0.05, 0.1) is 0 Å². The van der Waals surface area contributed by atoms with E-state index in [0.717, 1.165) is 0 Å². The Hall–Kier alpha value is -0.790. The van der Waals surface area contributed by atoms with Crippen LogP contribution < -0.4 is 5.73 Å².